The molecule has 0 spiro atoms. The first-order chi connectivity index (χ1) is 26.8. The highest BCUT2D eigenvalue weighted by Crippen LogP contribution is 2.56. The van der Waals surface area contributed by atoms with Crippen LogP contribution in [0.15, 0.2) is 109 Å². The Morgan fingerprint density at radius 1 is 0.473 bits per heavy atom. The van der Waals surface area contributed by atoms with Gasteiger partial charge in [0.25, 0.3) is 0 Å². The van der Waals surface area contributed by atoms with Crippen molar-refractivity contribution in [2.45, 2.75) is 98.3 Å². The maximum absolute atomic E-state index is 6.05. The van der Waals surface area contributed by atoms with Gasteiger partial charge in [-0.1, -0.05) is 91.5 Å². The van der Waals surface area contributed by atoms with Crippen LogP contribution in [-0.2, 0) is 5.41 Å². The van der Waals surface area contributed by atoms with Gasteiger partial charge >= 0.3 is 0 Å². The number of hydrogen-bond donors (Lipinski definition) is 0. The van der Waals surface area contributed by atoms with E-state index >= 15 is 0 Å². The van der Waals surface area contributed by atoms with Crippen molar-refractivity contribution in [1.82, 2.24) is 0 Å². The third-order valence-corrected chi connectivity index (χ3v) is 14.3. The molecule has 2 heterocycles. The van der Waals surface area contributed by atoms with Gasteiger partial charge in [0.05, 0.1) is 13.2 Å². The van der Waals surface area contributed by atoms with Crippen LogP contribution in [-0.4, -0.2) is 13.2 Å². The first kappa shape index (κ1) is 39.1. The molecule has 0 amide bonds. The van der Waals surface area contributed by atoms with Gasteiger partial charge in [-0.2, -0.15) is 0 Å². The molecule has 0 N–H and O–H groups in total. The Morgan fingerprint density at radius 2 is 0.836 bits per heavy atom. The Balaban J connectivity index is 1.12. The van der Waals surface area contributed by atoms with Gasteiger partial charge in [-0.15, -0.1) is 22.7 Å². The van der Waals surface area contributed by atoms with E-state index in [2.05, 4.69) is 151 Å². The summed E-state index contributed by atoms with van der Waals surface area (Å²) < 4.78 is 12.1. The van der Waals surface area contributed by atoms with Crippen LogP contribution >= 0.6 is 22.7 Å². The summed E-state index contributed by atoms with van der Waals surface area (Å²) >= 11 is 3.77. The minimum atomic E-state index is 0.00979. The third kappa shape index (κ3) is 8.52. The Kier molecular flexibility index (Phi) is 12.6. The van der Waals surface area contributed by atoms with Crippen LogP contribution in [0, 0.1) is 11.8 Å². The highest BCUT2D eigenvalue weighted by atomic mass is 32.1. The van der Waals surface area contributed by atoms with Crippen LogP contribution < -0.4 is 9.47 Å². The molecule has 1 aliphatic rings. The van der Waals surface area contributed by atoms with Crippen molar-refractivity contribution in [1.29, 1.82) is 0 Å². The lowest BCUT2D eigenvalue weighted by Gasteiger charge is -2.32. The summed E-state index contributed by atoms with van der Waals surface area (Å²) in [5.74, 6) is 3.31. The molecule has 286 valence electrons. The number of hydrogen-bond acceptors (Lipinski definition) is 4. The zero-order chi connectivity index (χ0) is 38.4. The lowest BCUT2D eigenvalue weighted by molar-refractivity contribution is 0.281. The molecule has 4 heteroatoms. The summed E-state index contributed by atoms with van der Waals surface area (Å²) in [6.45, 7) is 15.3. The van der Waals surface area contributed by atoms with Crippen molar-refractivity contribution < 1.29 is 9.47 Å². The zero-order valence-electron chi connectivity index (χ0n) is 33.8. The first-order valence-corrected chi connectivity index (χ1v) is 22.4. The van der Waals surface area contributed by atoms with Gasteiger partial charge in [0.15, 0.2) is 0 Å². The van der Waals surface area contributed by atoms with Crippen molar-refractivity contribution in [3.05, 3.63) is 120 Å². The second-order valence-electron chi connectivity index (χ2n) is 15.8. The highest BCUT2D eigenvalue weighted by Gasteiger charge is 2.42. The molecule has 0 fully saturated rings. The standard InChI is InChI=1S/C51H58O2S2/c1-7-29-51(30-8-2)45-33-39(49-25-23-47(54-49)37-11-17-41(18-12-37)52-31-27-35(5)9-3)15-21-43(45)44-22-16-40(34-46(44)51)50-26-24-48(55-50)38-13-19-42(20-14-38)53-32-28-36(6)10-4/h11-26,33-36H,7-10,27-32H2,1-6H3. The van der Waals surface area contributed by atoms with E-state index in [9.17, 15) is 0 Å². The largest absolute Gasteiger partial charge is 0.494 e. The predicted octanol–water partition coefficient (Wildman–Crippen LogP) is 16.0. The van der Waals surface area contributed by atoms with Gasteiger partial charge in [0.2, 0.25) is 0 Å². The molecule has 2 atom stereocenters. The Hall–Kier alpha value is -4.12. The van der Waals surface area contributed by atoms with Crippen LogP contribution in [0.25, 0.3) is 52.9 Å². The second-order valence-corrected chi connectivity index (χ2v) is 17.9. The molecule has 2 nitrogen and oxygen atoms in total. The maximum Gasteiger partial charge on any atom is 0.119 e. The molecule has 0 saturated carbocycles. The molecule has 0 aliphatic heterocycles. The molecule has 4 aromatic carbocycles. The van der Waals surface area contributed by atoms with Crippen LogP contribution in [0.3, 0.4) is 0 Å². The van der Waals surface area contributed by atoms with Crippen molar-refractivity contribution in [3.8, 4) is 64.4 Å². The summed E-state index contributed by atoms with van der Waals surface area (Å²) in [4.78, 5) is 5.23. The fraction of sp³-hybridized carbons (Fsp3) is 0.373. The van der Waals surface area contributed by atoms with Crippen LogP contribution in [0.1, 0.15) is 104 Å². The molecular weight excluding hydrogens is 709 g/mol. The summed E-state index contributed by atoms with van der Waals surface area (Å²) in [5, 5.41) is 0. The molecule has 55 heavy (non-hydrogen) atoms. The molecule has 0 bridgehead atoms. The van der Waals surface area contributed by atoms with E-state index in [0.29, 0.717) is 11.8 Å². The van der Waals surface area contributed by atoms with Crippen molar-refractivity contribution in [2.24, 2.45) is 11.8 Å². The normalized spacial score (nSPS) is 14.0. The minimum absolute atomic E-state index is 0.00979. The third-order valence-electron chi connectivity index (χ3n) is 11.9. The minimum Gasteiger partial charge on any atom is -0.494 e. The molecule has 2 unspecified atom stereocenters. The molecule has 6 aromatic rings. The van der Waals surface area contributed by atoms with Gasteiger partial charge in [-0.25, -0.2) is 0 Å². The second kappa shape index (κ2) is 17.8. The molecule has 2 aromatic heterocycles. The summed E-state index contributed by atoms with van der Waals surface area (Å²) in [6.07, 6.45) is 9.18. The zero-order valence-corrected chi connectivity index (χ0v) is 35.4. The molecule has 0 saturated heterocycles. The monoisotopic (exact) mass is 766 g/mol. The smallest absolute Gasteiger partial charge is 0.119 e. The van der Waals surface area contributed by atoms with Crippen molar-refractivity contribution >= 4 is 22.7 Å². The number of ether oxygens (including phenoxy) is 2. The van der Waals surface area contributed by atoms with Gasteiger partial charge in [0, 0.05) is 24.9 Å². The van der Waals surface area contributed by atoms with Crippen LogP contribution in [0.4, 0.5) is 0 Å². The predicted molar refractivity (Wildman–Crippen MR) is 239 cm³/mol. The number of rotatable bonds is 18. The molecular formula is C51H58O2S2. The van der Waals surface area contributed by atoms with E-state index in [0.717, 1.165) is 63.2 Å². The van der Waals surface area contributed by atoms with E-state index in [-0.39, 0.29) is 5.41 Å². The molecule has 1 aliphatic carbocycles. The average molecular weight is 767 g/mol. The Bertz CT molecular complexity index is 2000. The highest BCUT2D eigenvalue weighted by molar-refractivity contribution is 7.19. The average Bonchev–Trinajstić information content (AvgIpc) is 3.97. The lowest BCUT2D eigenvalue weighted by atomic mass is 9.71. The SMILES string of the molecule is CCCC1(CCC)c2cc(-c3ccc(-c4ccc(OCCC(C)CC)cc4)s3)ccc2-c2ccc(-c3ccc(-c4ccc(OCCC(C)CC)cc4)s3)cc21. The van der Waals surface area contributed by atoms with Crippen LogP contribution in [0.5, 0.6) is 11.5 Å². The summed E-state index contributed by atoms with van der Waals surface area (Å²) in [5.41, 5.74) is 11.0. The van der Waals surface area contributed by atoms with Gasteiger partial charge in [0.1, 0.15) is 11.5 Å². The van der Waals surface area contributed by atoms with Gasteiger partial charge in [-0.05, 0) is 167 Å². The first-order valence-electron chi connectivity index (χ1n) is 20.8. The lowest BCUT2D eigenvalue weighted by Crippen LogP contribution is -2.25. The van der Waals surface area contributed by atoms with E-state index < -0.39 is 0 Å². The summed E-state index contributed by atoms with van der Waals surface area (Å²) in [6, 6.07) is 41.1. The quantitative estimate of drug-likeness (QED) is 0.0867. The van der Waals surface area contributed by atoms with E-state index in [4.69, 9.17) is 9.47 Å². The number of benzene rings is 4. The number of thiophene rings is 2. The fourth-order valence-corrected chi connectivity index (χ4v) is 10.2. The maximum atomic E-state index is 6.05. The van der Waals surface area contributed by atoms with E-state index in [1.54, 1.807) is 0 Å². The molecule has 0 radical (unpaired) electrons. The van der Waals surface area contributed by atoms with Crippen molar-refractivity contribution in [2.75, 3.05) is 13.2 Å². The fourth-order valence-electron chi connectivity index (χ4n) is 8.21. The topological polar surface area (TPSA) is 18.5 Å². The van der Waals surface area contributed by atoms with Gasteiger partial charge in [-0.3, -0.25) is 0 Å². The van der Waals surface area contributed by atoms with Crippen LogP contribution in [0.2, 0.25) is 0 Å². The Morgan fingerprint density at radius 3 is 1.20 bits per heavy atom. The van der Waals surface area contributed by atoms with Crippen molar-refractivity contribution in [3.63, 3.8) is 0 Å². The van der Waals surface area contributed by atoms with Gasteiger partial charge < -0.3 is 9.47 Å². The number of fused-ring (bicyclic) bond motifs is 3. The molecule has 7 rings (SSSR count). The summed E-state index contributed by atoms with van der Waals surface area (Å²) in [7, 11) is 0. The van der Waals surface area contributed by atoms with E-state index in [1.165, 1.54) is 76.9 Å². The van der Waals surface area contributed by atoms with E-state index in [1.807, 2.05) is 22.7 Å². The Labute approximate surface area is 338 Å².